The number of aromatic nitrogens is 3. The lowest BCUT2D eigenvalue weighted by Crippen LogP contribution is -2.03. The van der Waals surface area contributed by atoms with Gasteiger partial charge in [-0.2, -0.15) is 10.4 Å². The monoisotopic (exact) mass is 280 g/mol. The van der Waals surface area contributed by atoms with E-state index in [9.17, 15) is 4.79 Å². The molecule has 0 atom stereocenters. The summed E-state index contributed by atoms with van der Waals surface area (Å²) < 4.78 is 6.51. The van der Waals surface area contributed by atoms with Gasteiger partial charge >= 0.3 is 5.97 Å². The summed E-state index contributed by atoms with van der Waals surface area (Å²) >= 11 is 0. The maximum absolute atomic E-state index is 11.6. The van der Waals surface area contributed by atoms with Crippen molar-refractivity contribution in [3.63, 3.8) is 0 Å². The molecule has 0 aliphatic heterocycles. The number of ether oxygens (including phenoxy) is 1. The molecule has 0 spiro atoms. The molecular weight excluding hydrogens is 268 g/mol. The highest BCUT2D eigenvalue weighted by atomic mass is 16.5. The van der Waals surface area contributed by atoms with Gasteiger partial charge in [0.2, 0.25) is 0 Å². The van der Waals surface area contributed by atoms with Gasteiger partial charge in [0.25, 0.3) is 0 Å². The van der Waals surface area contributed by atoms with Crippen molar-refractivity contribution in [3.8, 4) is 11.8 Å². The minimum atomic E-state index is -0.399. The third-order valence-electron chi connectivity index (χ3n) is 3.14. The quantitative estimate of drug-likeness (QED) is 0.747. The zero-order valence-corrected chi connectivity index (χ0v) is 11.3. The lowest BCUT2D eigenvalue weighted by molar-refractivity contribution is 0.0526. The molecule has 2 aromatic heterocycles. The van der Waals surface area contributed by atoms with Gasteiger partial charge in [-0.05, 0) is 25.1 Å². The van der Waals surface area contributed by atoms with Crippen LogP contribution in [0.25, 0.3) is 16.6 Å². The Labute approximate surface area is 120 Å². The fourth-order valence-corrected chi connectivity index (χ4v) is 2.13. The van der Waals surface area contributed by atoms with Crippen LogP contribution in [0.2, 0.25) is 0 Å². The number of nitrogens with zero attached hydrogens (tertiary/aromatic N) is 3. The van der Waals surface area contributed by atoms with Crippen molar-refractivity contribution in [2.24, 2.45) is 0 Å². The van der Waals surface area contributed by atoms with E-state index in [0.717, 1.165) is 16.6 Å². The van der Waals surface area contributed by atoms with E-state index in [4.69, 9.17) is 10.00 Å². The van der Waals surface area contributed by atoms with Gasteiger partial charge in [-0.15, -0.1) is 0 Å². The van der Waals surface area contributed by atoms with Crippen LogP contribution in [0.15, 0.2) is 36.8 Å². The second-order valence-electron chi connectivity index (χ2n) is 4.44. The molecule has 0 saturated carbocycles. The van der Waals surface area contributed by atoms with Gasteiger partial charge in [-0.25, -0.2) is 9.48 Å². The van der Waals surface area contributed by atoms with Crippen molar-refractivity contribution in [1.29, 1.82) is 5.26 Å². The minimum Gasteiger partial charge on any atom is -0.462 e. The van der Waals surface area contributed by atoms with Crippen LogP contribution in [0.4, 0.5) is 0 Å². The van der Waals surface area contributed by atoms with Crippen molar-refractivity contribution in [2.45, 2.75) is 6.92 Å². The van der Waals surface area contributed by atoms with Gasteiger partial charge in [0.05, 0.1) is 29.6 Å². The van der Waals surface area contributed by atoms with Gasteiger partial charge in [0.1, 0.15) is 6.07 Å². The Morgan fingerprint density at radius 1 is 1.52 bits per heavy atom. The summed E-state index contributed by atoms with van der Waals surface area (Å²) in [5, 5.41) is 14.0. The van der Waals surface area contributed by atoms with E-state index in [2.05, 4.69) is 16.2 Å². The molecule has 21 heavy (non-hydrogen) atoms. The van der Waals surface area contributed by atoms with Gasteiger partial charge in [-0.3, -0.25) is 0 Å². The van der Waals surface area contributed by atoms with E-state index in [-0.39, 0.29) is 0 Å². The van der Waals surface area contributed by atoms with Crippen LogP contribution in [-0.2, 0) is 4.74 Å². The molecule has 0 unspecified atom stereocenters. The first-order valence-corrected chi connectivity index (χ1v) is 6.46. The largest absolute Gasteiger partial charge is 0.462 e. The molecular formula is C15H12N4O2. The summed E-state index contributed by atoms with van der Waals surface area (Å²) in [6, 6.07) is 7.72. The van der Waals surface area contributed by atoms with Crippen LogP contribution >= 0.6 is 0 Å². The Balaban J connectivity index is 2.01. The highest BCUT2D eigenvalue weighted by molar-refractivity contribution is 5.89. The molecule has 6 nitrogen and oxygen atoms in total. The van der Waals surface area contributed by atoms with Crippen molar-refractivity contribution >= 4 is 16.9 Å². The molecule has 0 aliphatic rings. The number of rotatable bonds is 3. The number of H-pyrrole nitrogens is 1. The van der Waals surface area contributed by atoms with Crippen molar-refractivity contribution in [3.05, 3.63) is 47.9 Å². The standard InChI is InChI=1S/C15H12N4O2/c1-2-21-15(20)11-8-18-19(9-11)12-3-4-14-13(5-12)10(6-16)7-17-14/h3-5,7-9,17H,2H2,1H3. The topological polar surface area (TPSA) is 83.7 Å². The van der Waals surface area contributed by atoms with Gasteiger partial charge in [0, 0.05) is 23.3 Å². The first-order valence-electron chi connectivity index (χ1n) is 6.46. The molecule has 0 radical (unpaired) electrons. The fraction of sp³-hybridized carbons (Fsp3) is 0.133. The van der Waals surface area contributed by atoms with Crippen LogP contribution in [0, 0.1) is 11.3 Å². The number of carbonyl (C=O) groups excluding carboxylic acids is 1. The summed E-state index contributed by atoms with van der Waals surface area (Å²) in [7, 11) is 0. The summed E-state index contributed by atoms with van der Waals surface area (Å²) in [6.45, 7) is 2.08. The number of carbonyl (C=O) groups is 1. The molecule has 0 aliphatic carbocycles. The average Bonchev–Trinajstić information content (AvgIpc) is 3.13. The number of esters is 1. The maximum atomic E-state index is 11.6. The second-order valence-corrected chi connectivity index (χ2v) is 4.44. The third kappa shape index (κ3) is 2.25. The van der Waals surface area contributed by atoms with Crippen LogP contribution in [0.1, 0.15) is 22.8 Å². The molecule has 1 aromatic carbocycles. The van der Waals surface area contributed by atoms with E-state index < -0.39 is 5.97 Å². The van der Waals surface area contributed by atoms with Crippen LogP contribution < -0.4 is 0 Å². The van der Waals surface area contributed by atoms with Gasteiger partial charge in [0.15, 0.2) is 0 Å². The number of nitriles is 1. The maximum Gasteiger partial charge on any atom is 0.341 e. The fourth-order valence-electron chi connectivity index (χ4n) is 2.13. The highest BCUT2D eigenvalue weighted by Crippen LogP contribution is 2.21. The minimum absolute atomic E-state index is 0.324. The van der Waals surface area contributed by atoms with Crippen molar-refractivity contribution < 1.29 is 9.53 Å². The molecule has 3 aromatic rings. The van der Waals surface area contributed by atoms with Crippen LogP contribution in [0.3, 0.4) is 0 Å². The molecule has 0 fully saturated rings. The van der Waals surface area contributed by atoms with Crippen molar-refractivity contribution in [2.75, 3.05) is 6.61 Å². The summed E-state index contributed by atoms with van der Waals surface area (Å²) in [6.07, 6.45) is 4.74. The first kappa shape index (κ1) is 12.9. The Hall–Kier alpha value is -3.07. The lowest BCUT2D eigenvalue weighted by atomic mass is 10.1. The van der Waals surface area contributed by atoms with Crippen molar-refractivity contribution in [1.82, 2.24) is 14.8 Å². The number of benzene rings is 1. The molecule has 104 valence electrons. The molecule has 0 saturated heterocycles. The lowest BCUT2D eigenvalue weighted by Gasteiger charge is -2.01. The number of fused-ring (bicyclic) bond motifs is 1. The Morgan fingerprint density at radius 3 is 3.14 bits per heavy atom. The Morgan fingerprint density at radius 2 is 2.38 bits per heavy atom. The van der Waals surface area contributed by atoms with E-state index in [1.54, 1.807) is 24.0 Å². The Bertz CT molecular complexity index is 854. The normalized spacial score (nSPS) is 10.5. The second kappa shape index (κ2) is 5.13. The van der Waals surface area contributed by atoms with E-state index in [0.29, 0.717) is 17.7 Å². The Kier molecular flexibility index (Phi) is 3.16. The first-order chi connectivity index (χ1) is 10.2. The zero-order chi connectivity index (χ0) is 14.8. The number of nitrogens with one attached hydrogen (secondary N) is 1. The number of aromatic amines is 1. The molecule has 0 bridgehead atoms. The van der Waals surface area contributed by atoms with Gasteiger partial charge < -0.3 is 9.72 Å². The number of hydrogen-bond donors (Lipinski definition) is 1. The molecule has 3 rings (SSSR count). The number of hydrogen-bond acceptors (Lipinski definition) is 4. The molecule has 6 heteroatoms. The van der Waals surface area contributed by atoms with Crippen LogP contribution in [-0.4, -0.2) is 27.3 Å². The molecule has 2 heterocycles. The summed E-state index contributed by atoms with van der Waals surface area (Å²) in [4.78, 5) is 14.7. The highest BCUT2D eigenvalue weighted by Gasteiger charge is 2.11. The third-order valence-corrected chi connectivity index (χ3v) is 3.14. The zero-order valence-electron chi connectivity index (χ0n) is 11.3. The van der Waals surface area contributed by atoms with Gasteiger partial charge in [-0.1, -0.05) is 0 Å². The van der Waals surface area contributed by atoms with E-state index >= 15 is 0 Å². The predicted molar refractivity (Wildman–Crippen MR) is 76.1 cm³/mol. The summed E-state index contributed by atoms with van der Waals surface area (Å²) in [5.74, 6) is -0.399. The molecule has 0 amide bonds. The summed E-state index contributed by atoms with van der Waals surface area (Å²) in [5.41, 5.74) is 2.62. The average molecular weight is 280 g/mol. The predicted octanol–water partition coefficient (Wildman–Crippen LogP) is 2.40. The van der Waals surface area contributed by atoms with E-state index in [1.165, 1.54) is 6.20 Å². The van der Waals surface area contributed by atoms with Crippen LogP contribution in [0.5, 0.6) is 0 Å². The van der Waals surface area contributed by atoms with E-state index in [1.807, 2.05) is 18.2 Å². The molecule has 1 N–H and O–H groups in total. The SMILES string of the molecule is CCOC(=O)c1cnn(-c2ccc3[nH]cc(C#N)c3c2)c1. The smallest absolute Gasteiger partial charge is 0.341 e.